The first kappa shape index (κ1) is 14.6. The van der Waals surface area contributed by atoms with Gasteiger partial charge in [0.15, 0.2) is 0 Å². The summed E-state index contributed by atoms with van der Waals surface area (Å²) in [5, 5.41) is 8.71. The van der Waals surface area contributed by atoms with Crippen molar-refractivity contribution in [1.29, 1.82) is 5.26 Å². The Bertz CT molecular complexity index is 582. The summed E-state index contributed by atoms with van der Waals surface area (Å²) in [5.41, 5.74) is -1.41. The first-order valence-corrected chi connectivity index (χ1v) is 6.05. The van der Waals surface area contributed by atoms with Gasteiger partial charge in [0.25, 0.3) is 0 Å². The number of halogens is 4. The van der Waals surface area contributed by atoms with Crippen LogP contribution >= 0.6 is 11.8 Å². The monoisotopic (exact) mass is 303 g/mol. The maximum absolute atomic E-state index is 12.9. The van der Waals surface area contributed by atoms with E-state index < -0.39 is 29.3 Å². The van der Waals surface area contributed by atoms with E-state index >= 15 is 0 Å². The fourth-order valence-corrected chi connectivity index (χ4v) is 2.27. The van der Waals surface area contributed by atoms with E-state index in [9.17, 15) is 18.0 Å². The molecule has 0 saturated carbocycles. The average Bonchev–Trinajstić information content (AvgIpc) is 2.78. The van der Waals surface area contributed by atoms with Gasteiger partial charge in [-0.1, -0.05) is 0 Å². The minimum absolute atomic E-state index is 0.107. The standard InChI is InChI=1S/C12H9ClF3N3O/c13-18-10-3-4-19(11(10)20)8-2-1-7(6-17)9(5-8)12(14,15)16/h1-2,5,10,18H,3-4H2. The van der Waals surface area contributed by atoms with Crippen LogP contribution in [0.1, 0.15) is 17.5 Å². The molecule has 1 N–H and O–H groups in total. The van der Waals surface area contributed by atoms with Crippen molar-refractivity contribution in [2.45, 2.75) is 18.6 Å². The number of hydrogen-bond donors (Lipinski definition) is 1. The van der Waals surface area contributed by atoms with Crippen LogP contribution in [0, 0.1) is 11.3 Å². The van der Waals surface area contributed by atoms with Crippen molar-refractivity contribution in [3.8, 4) is 6.07 Å². The maximum atomic E-state index is 12.9. The molecule has 1 aliphatic heterocycles. The Hall–Kier alpha value is -1.78. The molecule has 1 saturated heterocycles. The first-order chi connectivity index (χ1) is 9.38. The molecule has 1 fully saturated rings. The number of alkyl halides is 3. The van der Waals surface area contributed by atoms with Gasteiger partial charge < -0.3 is 4.90 Å². The van der Waals surface area contributed by atoms with Gasteiger partial charge in [0.2, 0.25) is 5.91 Å². The largest absolute Gasteiger partial charge is 0.417 e. The van der Waals surface area contributed by atoms with Gasteiger partial charge in [-0.15, -0.1) is 0 Å². The Morgan fingerprint density at radius 3 is 2.65 bits per heavy atom. The number of amides is 1. The van der Waals surface area contributed by atoms with Crippen molar-refractivity contribution in [1.82, 2.24) is 4.84 Å². The number of nitrogens with one attached hydrogen (secondary N) is 1. The van der Waals surface area contributed by atoms with E-state index in [-0.39, 0.29) is 12.2 Å². The number of carbonyl (C=O) groups is 1. The summed E-state index contributed by atoms with van der Waals surface area (Å²) in [7, 11) is 0. The second-order valence-corrected chi connectivity index (χ2v) is 4.50. The van der Waals surface area contributed by atoms with Crippen molar-refractivity contribution < 1.29 is 18.0 Å². The van der Waals surface area contributed by atoms with Crippen LogP contribution in [0.4, 0.5) is 18.9 Å². The fraction of sp³-hybridized carbons (Fsp3) is 0.333. The summed E-state index contributed by atoms with van der Waals surface area (Å²) in [6.45, 7) is 0.270. The summed E-state index contributed by atoms with van der Waals surface area (Å²) < 4.78 is 38.6. The molecule has 4 nitrogen and oxygen atoms in total. The zero-order chi connectivity index (χ0) is 14.9. The van der Waals surface area contributed by atoms with E-state index in [2.05, 4.69) is 4.84 Å². The third-order valence-electron chi connectivity index (χ3n) is 3.08. The highest BCUT2D eigenvalue weighted by molar-refractivity contribution is 6.16. The molecule has 1 atom stereocenters. The molecule has 8 heteroatoms. The number of rotatable bonds is 2. The van der Waals surface area contributed by atoms with Gasteiger partial charge in [-0.3, -0.25) is 4.79 Å². The van der Waals surface area contributed by atoms with Crippen LogP contribution in [0.15, 0.2) is 18.2 Å². The molecule has 0 aromatic heterocycles. The van der Waals surface area contributed by atoms with Crippen LogP contribution in [-0.4, -0.2) is 18.5 Å². The Morgan fingerprint density at radius 1 is 1.45 bits per heavy atom. The van der Waals surface area contributed by atoms with Crippen molar-refractivity contribution >= 4 is 23.4 Å². The first-order valence-electron chi connectivity index (χ1n) is 5.67. The van der Waals surface area contributed by atoms with Crippen molar-refractivity contribution in [2.24, 2.45) is 0 Å². The van der Waals surface area contributed by atoms with Crippen LogP contribution in [0.5, 0.6) is 0 Å². The van der Waals surface area contributed by atoms with Gasteiger partial charge in [-0.05, 0) is 36.4 Å². The molecule has 1 aromatic rings. The SMILES string of the molecule is N#Cc1ccc(N2CCC(NCl)C2=O)cc1C(F)(F)F. The van der Waals surface area contributed by atoms with Gasteiger partial charge in [0.1, 0.15) is 6.04 Å². The third-order valence-corrected chi connectivity index (χ3v) is 3.34. The number of benzene rings is 1. The van der Waals surface area contributed by atoms with Crippen LogP contribution < -0.4 is 9.74 Å². The lowest BCUT2D eigenvalue weighted by Gasteiger charge is -2.18. The maximum Gasteiger partial charge on any atom is 0.417 e. The average molecular weight is 304 g/mol. The quantitative estimate of drug-likeness (QED) is 0.854. The van der Waals surface area contributed by atoms with Gasteiger partial charge in [0, 0.05) is 12.2 Å². The highest BCUT2D eigenvalue weighted by Crippen LogP contribution is 2.35. The minimum atomic E-state index is -4.64. The second kappa shape index (κ2) is 5.31. The van der Waals surface area contributed by atoms with E-state index in [1.54, 1.807) is 0 Å². The molecule has 1 aromatic carbocycles. The molecule has 1 amide bonds. The van der Waals surface area contributed by atoms with Crippen LogP contribution in [0.2, 0.25) is 0 Å². The third kappa shape index (κ3) is 2.57. The Labute approximate surface area is 117 Å². The van der Waals surface area contributed by atoms with E-state index in [1.165, 1.54) is 17.0 Å². The normalized spacial score (nSPS) is 19.2. The summed E-state index contributed by atoms with van der Waals surface area (Å²) >= 11 is 5.39. The molecule has 106 valence electrons. The Morgan fingerprint density at radius 2 is 2.15 bits per heavy atom. The van der Waals surface area contributed by atoms with Crippen molar-refractivity contribution in [2.75, 3.05) is 11.4 Å². The van der Waals surface area contributed by atoms with E-state index in [4.69, 9.17) is 17.0 Å². The molecular weight excluding hydrogens is 295 g/mol. The van der Waals surface area contributed by atoms with Crippen molar-refractivity contribution in [3.05, 3.63) is 29.3 Å². The second-order valence-electron chi connectivity index (χ2n) is 4.28. The lowest BCUT2D eigenvalue weighted by atomic mass is 10.1. The smallest absolute Gasteiger partial charge is 0.311 e. The molecule has 1 aliphatic rings. The van der Waals surface area contributed by atoms with Crippen LogP contribution in [0.3, 0.4) is 0 Å². The molecule has 20 heavy (non-hydrogen) atoms. The van der Waals surface area contributed by atoms with Gasteiger partial charge in [0.05, 0.1) is 17.2 Å². The van der Waals surface area contributed by atoms with Crippen molar-refractivity contribution in [3.63, 3.8) is 0 Å². The molecule has 1 unspecified atom stereocenters. The van der Waals surface area contributed by atoms with Gasteiger partial charge in [-0.25, -0.2) is 4.84 Å². The van der Waals surface area contributed by atoms with E-state index in [0.29, 0.717) is 6.42 Å². The molecular formula is C12H9ClF3N3O. The number of nitriles is 1. The topological polar surface area (TPSA) is 56.1 Å². The van der Waals surface area contributed by atoms with E-state index in [1.807, 2.05) is 0 Å². The van der Waals surface area contributed by atoms with Gasteiger partial charge >= 0.3 is 6.18 Å². The highest BCUT2D eigenvalue weighted by Gasteiger charge is 2.36. The number of hydrogen-bond acceptors (Lipinski definition) is 3. The summed E-state index contributed by atoms with van der Waals surface area (Å²) in [4.78, 5) is 15.4. The predicted molar refractivity (Wildman–Crippen MR) is 65.9 cm³/mol. The predicted octanol–water partition coefficient (Wildman–Crippen LogP) is 2.43. The fourth-order valence-electron chi connectivity index (χ4n) is 2.07. The molecule has 0 aliphatic carbocycles. The zero-order valence-electron chi connectivity index (χ0n) is 10.0. The number of carbonyl (C=O) groups excluding carboxylic acids is 1. The van der Waals surface area contributed by atoms with Gasteiger partial charge in [-0.2, -0.15) is 18.4 Å². The Kier molecular flexibility index (Phi) is 3.88. The highest BCUT2D eigenvalue weighted by atomic mass is 35.5. The zero-order valence-corrected chi connectivity index (χ0v) is 10.8. The minimum Gasteiger partial charge on any atom is -0.311 e. The van der Waals surface area contributed by atoms with Crippen LogP contribution in [0.25, 0.3) is 0 Å². The molecule has 1 heterocycles. The Balaban J connectivity index is 2.41. The molecule has 0 bridgehead atoms. The van der Waals surface area contributed by atoms with E-state index in [0.717, 1.165) is 12.1 Å². The molecule has 0 radical (unpaired) electrons. The van der Waals surface area contributed by atoms with Crippen LogP contribution in [-0.2, 0) is 11.0 Å². The summed E-state index contributed by atoms with van der Waals surface area (Å²) in [6, 6.07) is 4.08. The summed E-state index contributed by atoms with van der Waals surface area (Å²) in [5.74, 6) is -0.391. The number of anilines is 1. The number of nitrogens with zero attached hydrogens (tertiary/aromatic N) is 2. The lowest BCUT2D eigenvalue weighted by Crippen LogP contribution is -2.34. The summed E-state index contributed by atoms with van der Waals surface area (Å²) in [6.07, 6.45) is -4.24. The molecule has 0 spiro atoms. The lowest BCUT2D eigenvalue weighted by molar-refractivity contribution is -0.137. The molecule has 2 rings (SSSR count).